The fourth-order valence-corrected chi connectivity index (χ4v) is 1.62. The summed E-state index contributed by atoms with van der Waals surface area (Å²) in [4.78, 5) is 21.4. The van der Waals surface area contributed by atoms with Gasteiger partial charge in [0.2, 0.25) is 0 Å². The van der Waals surface area contributed by atoms with E-state index in [4.69, 9.17) is 4.74 Å². The zero-order valence-electron chi connectivity index (χ0n) is 12.8. The Hall–Kier alpha value is -1.58. The van der Waals surface area contributed by atoms with Gasteiger partial charge in [0.25, 0.3) is 0 Å². The van der Waals surface area contributed by atoms with Crippen molar-refractivity contribution >= 4 is 11.9 Å². The van der Waals surface area contributed by atoms with Crippen molar-refractivity contribution in [2.45, 2.75) is 59.3 Å². The Balaban J connectivity index is 0.000000511. The summed E-state index contributed by atoms with van der Waals surface area (Å²) in [5.41, 5.74) is 0. The third kappa shape index (κ3) is 8.51. The number of esters is 2. The topological polar surface area (TPSA) is 52.6 Å². The maximum Gasteiger partial charge on any atom is 0.313 e. The van der Waals surface area contributed by atoms with Gasteiger partial charge >= 0.3 is 11.9 Å². The van der Waals surface area contributed by atoms with Crippen LogP contribution in [0.15, 0.2) is 24.7 Å². The van der Waals surface area contributed by atoms with E-state index in [2.05, 4.69) is 25.2 Å². The van der Waals surface area contributed by atoms with Crippen molar-refractivity contribution in [1.82, 2.24) is 0 Å². The Bertz CT molecular complexity index is 344. The molecule has 0 aromatic rings. The lowest BCUT2D eigenvalue weighted by atomic mass is 9.99. The predicted octanol–water partition coefficient (Wildman–Crippen LogP) is 4.12. The van der Waals surface area contributed by atoms with Gasteiger partial charge in [-0.05, 0) is 25.3 Å². The molecule has 0 aromatic carbocycles. The number of hydrogen-bond acceptors (Lipinski definition) is 4. The molecule has 0 heterocycles. The van der Waals surface area contributed by atoms with Gasteiger partial charge in [-0.1, -0.05) is 33.3 Å². The second-order valence-corrected chi connectivity index (χ2v) is 4.65. The Kier molecular flexibility index (Phi) is 10.4. The number of hydrogen-bond donors (Lipinski definition) is 0. The molecule has 0 saturated heterocycles. The Morgan fingerprint density at radius 2 is 2.10 bits per heavy atom. The summed E-state index contributed by atoms with van der Waals surface area (Å²) in [5, 5.41) is 0. The molecule has 0 bridgehead atoms. The van der Waals surface area contributed by atoms with E-state index in [1.54, 1.807) is 0 Å². The second kappa shape index (κ2) is 11.3. The maximum absolute atomic E-state index is 11.6. The van der Waals surface area contributed by atoms with Crippen LogP contribution in [0.4, 0.5) is 0 Å². The molecule has 0 fully saturated rings. The Morgan fingerprint density at radius 3 is 2.40 bits per heavy atom. The van der Waals surface area contributed by atoms with Gasteiger partial charge in [0.1, 0.15) is 5.76 Å². The zero-order chi connectivity index (χ0) is 15.4. The third-order valence-corrected chi connectivity index (χ3v) is 2.98. The smallest absolute Gasteiger partial charge is 0.313 e. The molecule has 0 aromatic heterocycles. The first-order valence-corrected chi connectivity index (χ1v) is 7.23. The van der Waals surface area contributed by atoms with Crippen molar-refractivity contribution in [1.29, 1.82) is 0 Å². The maximum atomic E-state index is 11.6. The number of allylic oxidation sites excluding steroid dienone is 2. The van der Waals surface area contributed by atoms with Crippen LogP contribution in [0.3, 0.4) is 0 Å². The van der Waals surface area contributed by atoms with Gasteiger partial charge in [-0.2, -0.15) is 0 Å². The molecule has 0 amide bonds. The van der Waals surface area contributed by atoms with Gasteiger partial charge in [-0.25, -0.2) is 0 Å². The number of rotatable bonds is 7. The Labute approximate surface area is 121 Å². The SMILES string of the molecule is C=COC(C)=O.CCCCC(CC)C(=O)OC1=CCC1. The van der Waals surface area contributed by atoms with E-state index in [0.717, 1.165) is 50.5 Å². The first kappa shape index (κ1) is 18.4. The number of unbranched alkanes of at least 4 members (excludes halogenated alkanes) is 1. The number of carbonyl (C=O) groups is 2. The molecule has 1 rings (SSSR count). The van der Waals surface area contributed by atoms with Crippen LogP contribution in [0.1, 0.15) is 59.3 Å². The number of ether oxygens (including phenoxy) is 2. The van der Waals surface area contributed by atoms with Crippen molar-refractivity contribution in [2.24, 2.45) is 5.92 Å². The van der Waals surface area contributed by atoms with E-state index >= 15 is 0 Å². The molecule has 0 aliphatic heterocycles. The van der Waals surface area contributed by atoms with Crippen molar-refractivity contribution in [3.8, 4) is 0 Å². The molecular weight excluding hydrogens is 256 g/mol. The van der Waals surface area contributed by atoms with E-state index in [9.17, 15) is 9.59 Å². The van der Waals surface area contributed by atoms with Crippen molar-refractivity contribution < 1.29 is 19.1 Å². The van der Waals surface area contributed by atoms with Crippen molar-refractivity contribution in [3.05, 3.63) is 24.7 Å². The first-order valence-electron chi connectivity index (χ1n) is 7.23. The van der Waals surface area contributed by atoms with Gasteiger partial charge in [0.05, 0.1) is 12.2 Å². The first-order chi connectivity index (χ1) is 9.54. The minimum absolute atomic E-state index is 0.0214. The molecule has 0 radical (unpaired) electrons. The van der Waals surface area contributed by atoms with E-state index < -0.39 is 0 Å². The lowest BCUT2D eigenvalue weighted by molar-refractivity contribution is -0.145. The minimum atomic E-state index is -0.329. The van der Waals surface area contributed by atoms with Gasteiger partial charge in [0, 0.05) is 13.3 Å². The minimum Gasteiger partial charge on any atom is -0.435 e. The van der Waals surface area contributed by atoms with Gasteiger partial charge in [0.15, 0.2) is 0 Å². The van der Waals surface area contributed by atoms with Crippen LogP contribution in [-0.2, 0) is 19.1 Å². The second-order valence-electron chi connectivity index (χ2n) is 4.65. The van der Waals surface area contributed by atoms with Crippen LogP contribution >= 0.6 is 0 Å². The van der Waals surface area contributed by atoms with Crippen LogP contribution in [0.25, 0.3) is 0 Å². The van der Waals surface area contributed by atoms with E-state index in [0.29, 0.717) is 0 Å². The number of carbonyl (C=O) groups excluding carboxylic acids is 2. The standard InChI is InChI=1S/C12H20O2.C4H6O2/c1-3-5-7-10(4-2)12(13)14-11-8-6-9-11;1-3-6-4(2)5/h8,10H,3-7,9H2,1-2H3;3H,1H2,2H3. The molecule has 114 valence electrons. The summed E-state index contributed by atoms with van der Waals surface area (Å²) in [5.74, 6) is 0.637. The highest BCUT2D eigenvalue weighted by atomic mass is 16.5. The molecule has 0 saturated carbocycles. The van der Waals surface area contributed by atoms with Crippen LogP contribution in [0, 0.1) is 5.92 Å². The molecule has 4 heteroatoms. The van der Waals surface area contributed by atoms with Gasteiger partial charge in [-0.3, -0.25) is 9.59 Å². The van der Waals surface area contributed by atoms with Crippen molar-refractivity contribution in [3.63, 3.8) is 0 Å². The predicted molar refractivity (Wildman–Crippen MR) is 78.7 cm³/mol. The summed E-state index contributed by atoms with van der Waals surface area (Å²) in [7, 11) is 0. The fourth-order valence-electron chi connectivity index (χ4n) is 1.62. The molecule has 1 aliphatic rings. The molecule has 0 spiro atoms. The molecule has 1 atom stereocenters. The van der Waals surface area contributed by atoms with E-state index in [1.807, 2.05) is 6.08 Å². The lowest BCUT2D eigenvalue weighted by Gasteiger charge is -2.18. The fraction of sp³-hybridized carbons (Fsp3) is 0.625. The van der Waals surface area contributed by atoms with E-state index in [-0.39, 0.29) is 17.9 Å². The van der Waals surface area contributed by atoms with Gasteiger partial charge < -0.3 is 9.47 Å². The summed E-state index contributed by atoms with van der Waals surface area (Å²) in [6, 6.07) is 0. The van der Waals surface area contributed by atoms with Crippen molar-refractivity contribution in [2.75, 3.05) is 0 Å². The van der Waals surface area contributed by atoms with Crippen LogP contribution in [-0.4, -0.2) is 11.9 Å². The lowest BCUT2D eigenvalue weighted by Crippen LogP contribution is -2.18. The Morgan fingerprint density at radius 1 is 1.45 bits per heavy atom. The average molecular weight is 282 g/mol. The third-order valence-electron chi connectivity index (χ3n) is 2.98. The molecule has 20 heavy (non-hydrogen) atoms. The molecule has 4 nitrogen and oxygen atoms in total. The largest absolute Gasteiger partial charge is 0.435 e. The summed E-state index contributed by atoms with van der Waals surface area (Å²) in [6.45, 7) is 8.68. The summed E-state index contributed by atoms with van der Waals surface area (Å²) in [6.07, 6.45) is 9.22. The zero-order valence-corrected chi connectivity index (χ0v) is 12.8. The summed E-state index contributed by atoms with van der Waals surface area (Å²) >= 11 is 0. The van der Waals surface area contributed by atoms with Crippen LogP contribution < -0.4 is 0 Å². The highest BCUT2D eigenvalue weighted by Gasteiger charge is 2.20. The van der Waals surface area contributed by atoms with Crippen LogP contribution in [0.5, 0.6) is 0 Å². The molecular formula is C16H26O4. The van der Waals surface area contributed by atoms with Gasteiger partial charge in [-0.15, -0.1) is 0 Å². The quantitative estimate of drug-likeness (QED) is 0.520. The summed E-state index contributed by atoms with van der Waals surface area (Å²) < 4.78 is 9.43. The molecule has 1 aliphatic carbocycles. The normalized spacial score (nSPS) is 13.8. The molecule has 0 N–H and O–H groups in total. The average Bonchev–Trinajstić information content (AvgIpc) is 2.35. The van der Waals surface area contributed by atoms with Crippen LogP contribution in [0.2, 0.25) is 0 Å². The monoisotopic (exact) mass is 282 g/mol. The molecule has 1 unspecified atom stereocenters. The highest BCUT2D eigenvalue weighted by Crippen LogP contribution is 2.22. The van der Waals surface area contributed by atoms with E-state index in [1.165, 1.54) is 6.92 Å². The highest BCUT2D eigenvalue weighted by molar-refractivity contribution is 5.73.